The molecule has 8 heteroatoms. The highest BCUT2D eigenvalue weighted by Gasteiger charge is 2.38. The Morgan fingerprint density at radius 3 is 2.30 bits per heavy atom. The molecule has 0 bridgehead atoms. The first kappa shape index (κ1) is 27.0. The number of ether oxygens (including phenoxy) is 3. The van der Waals surface area contributed by atoms with E-state index in [9.17, 15) is 9.59 Å². The number of methoxy groups -OCH3 is 2. The van der Waals surface area contributed by atoms with Crippen molar-refractivity contribution in [3.63, 3.8) is 0 Å². The number of rotatable bonds is 7. The molecule has 1 fully saturated rings. The molecular formula is C29H35BrN2O5. The third-order valence-corrected chi connectivity index (χ3v) is 6.93. The van der Waals surface area contributed by atoms with Gasteiger partial charge in [-0.15, -0.1) is 0 Å². The van der Waals surface area contributed by atoms with Crippen LogP contribution in [0.3, 0.4) is 0 Å². The summed E-state index contributed by atoms with van der Waals surface area (Å²) >= 11 is 3.56. The van der Waals surface area contributed by atoms with Crippen molar-refractivity contribution in [2.24, 2.45) is 0 Å². The lowest BCUT2D eigenvalue weighted by atomic mass is 9.92. The molecule has 1 heterocycles. The van der Waals surface area contributed by atoms with Crippen LogP contribution in [0.15, 0.2) is 52.5 Å². The predicted octanol–water partition coefficient (Wildman–Crippen LogP) is 6.05. The van der Waals surface area contributed by atoms with Gasteiger partial charge in [0.2, 0.25) is 0 Å². The molecule has 2 amide bonds. The Hall–Kier alpha value is -3.00. The lowest BCUT2D eigenvalue weighted by molar-refractivity contribution is -0.128. The zero-order valence-corrected chi connectivity index (χ0v) is 23.8. The van der Waals surface area contributed by atoms with Crippen molar-refractivity contribution in [1.82, 2.24) is 9.80 Å². The summed E-state index contributed by atoms with van der Waals surface area (Å²) in [5, 5.41) is 0. The molecule has 0 saturated heterocycles. The molecular weight excluding hydrogens is 536 g/mol. The second-order valence-electron chi connectivity index (χ2n) is 10.5. The fourth-order valence-electron chi connectivity index (χ4n) is 4.52. The molecule has 0 radical (unpaired) electrons. The van der Waals surface area contributed by atoms with Gasteiger partial charge in [0, 0.05) is 35.2 Å². The van der Waals surface area contributed by atoms with Gasteiger partial charge in [-0.25, -0.2) is 4.79 Å². The van der Waals surface area contributed by atoms with Crippen LogP contribution in [0.5, 0.6) is 11.5 Å². The van der Waals surface area contributed by atoms with Gasteiger partial charge in [0.05, 0.1) is 20.8 Å². The predicted molar refractivity (Wildman–Crippen MR) is 147 cm³/mol. The van der Waals surface area contributed by atoms with E-state index in [1.165, 1.54) is 0 Å². The molecule has 0 atom stereocenters. The van der Waals surface area contributed by atoms with Crippen LogP contribution < -0.4 is 9.47 Å². The number of hydrogen-bond donors (Lipinski definition) is 0. The Balaban J connectivity index is 1.69. The van der Waals surface area contributed by atoms with Crippen molar-refractivity contribution in [2.75, 3.05) is 27.3 Å². The van der Waals surface area contributed by atoms with E-state index in [1.54, 1.807) is 19.1 Å². The van der Waals surface area contributed by atoms with Crippen LogP contribution in [0.2, 0.25) is 0 Å². The van der Waals surface area contributed by atoms with Gasteiger partial charge in [-0.05, 0) is 81.0 Å². The Bertz CT molecular complexity index is 1180. The van der Waals surface area contributed by atoms with Gasteiger partial charge in [0.25, 0.3) is 5.91 Å². The topological polar surface area (TPSA) is 68.3 Å². The summed E-state index contributed by atoms with van der Waals surface area (Å²) in [6, 6.07) is 13.8. The van der Waals surface area contributed by atoms with Crippen molar-refractivity contribution < 1.29 is 23.8 Å². The Labute approximate surface area is 227 Å². The SMILES string of the molecule is COc1cc(CN(C(=O)C2=C(c3cccc(Br)c3)CCN(C(=O)OC(C)(C)C)C2)C2CC2)cc(OC)c1. The normalized spacial score (nSPS) is 15.9. The molecule has 0 N–H and O–H groups in total. The first-order valence-corrected chi connectivity index (χ1v) is 13.4. The zero-order valence-electron chi connectivity index (χ0n) is 22.2. The van der Waals surface area contributed by atoms with Crippen LogP contribution >= 0.6 is 15.9 Å². The highest BCUT2D eigenvalue weighted by atomic mass is 79.9. The molecule has 0 spiro atoms. The summed E-state index contributed by atoms with van der Waals surface area (Å²) in [5.41, 5.74) is 2.92. The summed E-state index contributed by atoms with van der Waals surface area (Å²) in [4.78, 5) is 30.7. The van der Waals surface area contributed by atoms with Crippen LogP contribution in [0.25, 0.3) is 5.57 Å². The van der Waals surface area contributed by atoms with Crippen molar-refractivity contribution >= 4 is 33.5 Å². The van der Waals surface area contributed by atoms with Gasteiger partial charge < -0.3 is 24.0 Å². The van der Waals surface area contributed by atoms with Crippen LogP contribution in [-0.2, 0) is 16.1 Å². The average Bonchev–Trinajstić information content (AvgIpc) is 3.70. The summed E-state index contributed by atoms with van der Waals surface area (Å²) in [6.45, 7) is 6.67. The Morgan fingerprint density at radius 1 is 1.05 bits per heavy atom. The molecule has 7 nitrogen and oxygen atoms in total. The summed E-state index contributed by atoms with van der Waals surface area (Å²) in [6.07, 6.45) is 2.09. The van der Waals surface area contributed by atoms with Crippen LogP contribution in [-0.4, -0.2) is 60.8 Å². The smallest absolute Gasteiger partial charge is 0.410 e. The van der Waals surface area contributed by atoms with Crippen LogP contribution in [0, 0.1) is 0 Å². The lowest BCUT2D eigenvalue weighted by Crippen LogP contribution is -2.44. The lowest BCUT2D eigenvalue weighted by Gasteiger charge is -2.34. The van der Waals surface area contributed by atoms with Crippen LogP contribution in [0.4, 0.5) is 4.79 Å². The first-order chi connectivity index (χ1) is 17.6. The van der Waals surface area contributed by atoms with E-state index < -0.39 is 11.7 Å². The van der Waals surface area contributed by atoms with Crippen molar-refractivity contribution in [2.45, 2.75) is 58.2 Å². The van der Waals surface area contributed by atoms with Crippen LogP contribution in [0.1, 0.15) is 51.2 Å². The van der Waals surface area contributed by atoms with Crippen molar-refractivity contribution in [3.8, 4) is 11.5 Å². The van der Waals surface area contributed by atoms with Gasteiger partial charge in [0.1, 0.15) is 17.1 Å². The second kappa shape index (κ2) is 11.2. The first-order valence-electron chi connectivity index (χ1n) is 12.6. The fraction of sp³-hybridized carbons (Fsp3) is 0.448. The molecule has 0 aromatic heterocycles. The summed E-state index contributed by atoms with van der Waals surface area (Å²) in [7, 11) is 3.23. The van der Waals surface area contributed by atoms with E-state index in [0.29, 0.717) is 36.6 Å². The minimum Gasteiger partial charge on any atom is -0.497 e. The number of hydrogen-bond acceptors (Lipinski definition) is 5. The number of benzene rings is 2. The van der Waals surface area contributed by atoms with Gasteiger partial charge in [-0.3, -0.25) is 4.79 Å². The quantitative estimate of drug-likeness (QED) is 0.405. The van der Waals surface area contributed by atoms with E-state index in [-0.39, 0.29) is 18.5 Å². The maximum atomic E-state index is 14.2. The van der Waals surface area contributed by atoms with Crippen molar-refractivity contribution in [1.29, 1.82) is 0 Å². The highest BCUT2D eigenvalue weighted by Crippen LogP contribution is 2.36. The molecule has 198 valence electrons. The van der Waals surface area contributed by atoms with Gasteiger partial charge in [-0.1, -0.05) is 28.1 Å². The number of halogens is 1. The maximum absolute atomic E-state index is 14.2. The largest absolute Gasteiger partial charge is 0.497 e. The third-order valence-electron chi connectivity index (χ3n) is 6.44. The Kier molecular flexibility index (Phi) is 8.17. The zero-order chi connectivity index (χ0) is 26.7. The molecule has 4 rings (SSSR count). The molecule has 2 aromatic carbocycles. The number of carbonyl (C=O) groups excluding carboxylic acids is 2. The molecule has 1 aliphatic carbocycles. The average molecular weight is 572 g/mol. The third kappa shape index (κ3) is 6.86. The minimum absolute atomic E-state index is 0.0486. The van der Waals surface area contributed by atoms with E-state index in [4.69, 9.17) is 14.2 Å². The van der Waals surface area contributed by atoms with Gasteiger partial charge >= 0.3 is 6.09 Å². The molecule has 1 saturated carbocycles. The summed E-state index contributed by atoms with van der Waals surface area (Å²) < 4.78 is 17.5. The number of carbonyl (C=O) groups is 2. The van der Waals surface area contributed by atoms with Gasteiger partial charge in [0.15, 0.2) is 0 Å². The Morgan fingerprint density at radius 2 is 1.73 bits per heavy atom. The van der Waals surface area contributed by atoms with Gasteiger partial charge in [-0.2, -0.15) is 0 Å². The molecule has 0 unspecified atom stereocenters. The van der Waals surface area contributed by atoms with E-state index >= 15 is 0 Å². The second-order valence-corrected chi connectivity index (χ2v) is 11.4. The highest BCUT2D eigenvalue weighted by molar-refractivity contribution is 9.10. The minimum atomic E-state index is -0.610. The maximum Gasteiger partial charge on any atom is 0.410 e. The van der Waals surface area contributed by atoms with Crippen molar-refractivity contribution in [3.05, 3.63) is 63.6 Å². The number of amides is 2. The number of nitrogens with zero attached hydrogens (tertiary/aromatic N) is 2. The molecule has 37 heavy (non-hydrogen) atoms. The standard InChI is InChI=1S/C29H35BrN2O5/c1-29(2,3)37-28(34)31-12-11-25(20-7-6-8-21(30)15-20)26(18-31)27(33)32(22-9-10-22)17-19-13-23(35-4)16-24(14-19)36-5/h6-8,13-16,22H,9-12,17-18H2,1-5H3. The summed E-state index contributed by atoms with van der Waals surface area (Å²) in [5.74, 6) is 1.31. The van der Waals surface area contributed by atoms with E-state index in [2.05, 4.69) is 15.9 Å². The monoisotopic (exact) mass is 570 g/mol. The fourth-order valence-corrected chi connectivity index (χ4v) is 4.92. The van der Waals surface area contributed by atoms with E-state index in [1.807, 2.05) is 68.1 Å². The molecule has 2 aliphatic rings. The molecule has 2 aromatic rings. The molecule has 1 aliphatic heterocycles. The van der Waals surface area contributed by atoms with E-state index in [0.717, 1.165) is 34.0 Å².